The number of ether oxygens (including phenoxy) is 4. The number of hydrogen-bond acceptors (Lipinski definition) is 5. The summed E-state index contributed by atoms with van der Waals surface area (Å²) in [5, 5.41) is 6.71. The van der Waals surface area contributed by atoms with Crippen LogP contribution in [0.1, 0.15) is 25.3 Å². The molecule has 0 saturated heterocycles. The van der Waals surface area contributed by atoms with Crippen LogP contribution in [0, 0.1) is 0 Å². The van der Waals surface area contributed by atoms with Gasteiger partial charge in [-0.15, -0.1) is 24.0 Å². The smallest absolute Gasteiger partial charge is 0.191 e. The third kappa shape index (κ3) is 14.0. The Labute approximate surface area is 186 Å². The number of guanidine groups is 1. The molecule has 28 heavy (non-hydrogen) atoms. The second kappa shape index (κ2) is 19.2. The molecule has 0 heterocycles. The molecule has 0 aromatic heterocycles. The molecule has 0 amide bonds. The second-order valence-corrected chi connectivity index (χ2v) is 5.88. The van der Waals surface area contributed by atoms with Crippen LogP contribution in [0.4, 0.5) is 0 Å². The molecule has 1 aromatic rings. The monoisotopic (exact) mass is 509 g/mol. The molecule has 0 fully saturated rings. The highest BCUT2D eigenvalue weighted by molar-refractivity contribution is 14.0. The number of hydrogen-bond donors (Lipinski definition) is 2. The van der Waals surface area contributed by atoms with Gasteiger partial charge in [0.2, 0.25) is 0 Å². The van der Waals surface area contributed by atoms with Gasteiger partial charge in [0.25, 0.3) is 0 Å². The first-order valence-electron chi connectivity index (χ1n) is 9.59. The van der Waals surface area contributed by atoms with E-state index in [2.05, 4.69) is 15.6 Å². The predicted octanol–water partition coefficient (Wildman–Crippen LogP) is 2.83. The Bertz CT molecular complexity index is 501. The maximum Gasteiger partial charge on any atom is 0.191 e. The van der Waals surface area contributed by atoms with Crippen molar-refractivity contribution < 1.29 is 18.9 Å². The number of nitrogens with zero attached hydrogens (tertiary/aromatic N) is 1. The van der Waals surface area contributed by atoms with Gasteiger partial charge in [0.05, 0.1) is 26.9 Å². The molecule has 0 radical (unpaired) electrons. The average Bonchev–Trinajstić information content (AvgIpc) is 2.70. The summed E-state index contributed by atoms with van der Waals surface area (Å²) in [6.45, 7) is 7.69. The SMILES string of the molecule is CCOCCCNC(=NCc1ccc(OC)cc1)NCCCOCCOC.I. The third-order valence-electron chi connectivity index (χ3n) is 3.73. The summed E-state index contributed by atoms with van der Waals surface area (Å²) in [5.41, 5.74) is 1.13. The van der Waals surface area contributed by atoms with Gasteiger partial charge in [-0.05, 0) is 37.5 Å². The molecule has 0 spiro atoms. The first kappa shape index (κ1) is 26.9. The summed E-state index contributed by atoms with van der Waals surface area (Å²) in [7, 11) is 3.34. The lowest BCUT2D eigenvalue weighted by Gasteiger charge is -2.13. The van der Waals surface area contributed by atoms with Crippen molar-refractivity contribution in [2.45, 2.75) is 26.3 Å². The zero-order chi connectivity index (χ0) is 19.6. The summed E-state index contributed by atoms with van der Waals surface area (Å²) >= 11 is 0. The van der Waals surface area contributed by atoms with Crippen LogP contribution in [-0.4, -0.2) is 66.3 Å². The molecule has 0 aliphatic rings. The van der Waals surface area contributed by atoms with Gasteiger partial charge in [-0.2, -0.15) is 0 Å². The van der Waals surface area contributed by atoms with E-state index in [0.29, 0.717) is 26.4 Å². The summed E-state index contributed by atoms with van der Waals surface area (Å²) in [5.74, 6) is 1.66. The molecule has 0 saturated carbocycles. The third-order valence-corrected chi connectivity index (χ3v) is 3.73. The minimum absolute atomic E-state index is 0. The molecule has 2 N–H and O–H groups in total. The van der Waals surface area contributed by atoms with Crippen LogP contribution in [0.2, 0.25) is 0 Å². The van der Waals surface area contributed by atoms with Crippen molar-refractivity contribution in [3.63, 3.8) is 0 Å². The Kier molecular flexibility index (Phi) is 18.5. The highest BCUT2D eigenvalue weighted by Gasteiger charge is 2.00. The van der Waals surface area contributed by atoms with Crippen molar-refractivity contribution in [1.29, 1.82) is 0 Å². The predicted molar refractivity (Wildman–Crippen MR) is 124 cm³/mol. The van der Waals surface area contributed by atoms with Crippen LogP contribution in [0.5, 0.6) is 5.75 Å². The Morgan fingerprint density at radius 3 is 2.11 bits per heavy atom. The quantitative estimate of drug-likeness (QED) is 0.164. The van der Waals surface area contributed by atoms with E-state index < -0.39 is 0 Å². The lowest BCUT2D eigenvalue weighted by atomic mass is 10.2. The van der Waals surface area contributed by atoms with E-state index in [4.69, 9.17) is 18.9 Å². The topological polar surface area (TPSA) is 73.3 Å². The Morgan fingerprint density at radius 2 is 1.54 bits per heavy atom. The van der Waals surface area contributed by atoms with Gasteiger partial charge >= 0.3 is 0 Å². The van der Waals surface area contributed by atoms with E-state index in [9.17, 15) is 0 Å². The Morgan fingerprint density at radius 1 is 0.893 bits per heavy atom. The number of nitrogens with one attached hydrogen (secondary N) is 2. The fraction of sp³-hybridized carbons (Fsp3) is 0.650. The van der Waals surface area contributed by atoms with Crippen LogP contribution >= 0.6 is 24.0 Å². The molecule has 0 aliphatic carbocycles. The van der Waals surface area contributed by atoms with Crippen molar-refractivity contribution in [3.8, 4) is 5.75 Å². The van der Waals surface area contributed by atoms with Crippen LogP contribution in [0.25, 0.3) is 0 Å². The number of aliphatic imine (C=N–C) groups is 1. The van der Waals surface area contributed by atoms with Gasteiger partial charge in [-0.25, -0.2) is 4.99 Å². The van der Waals surface area contributed by atoms with Crippen LogP contribution in [0.3, 0.4) is 0 Å². The largest absolute Gasteiger partial charge is 0.497 e. The molecule has 0 unspecified atom stereocenters. The molecule has 0 aliphatic heterocycles. The fourth-order valence-corrected chi connectivity index (χ4v) is 2.23. The van der Waals surface area contributed by atoms with Crippen LogP contribution in [0.15, 0.2) is 29.3 Å². The average molecular weight is 509 g/mol. The number of halogens is 1. The first-order chi connectivity index (χ1) is 13.3. The van der Waals surface area contributed by atoms with E-state index >= 15 is 0 Å². The van der Waals surface area contributed by atoms with Gasteiger partial charge in [0.15, 0.2) is 5.96 Å². The van der Waals surface area contributed by atoms with Crippen molar-refractivity contribution >= 4 is 29.9 Å². The highest BCUT2D eigenvalue weighted by Crippen LogP contribution is 2.11. The highest BCUT2D eigenvalue weighted by atomic mass is 127. The molecule has 1 aromatic carbocycles. The standard InChI is InChI=1S/C20H35N3O4.HI/c1-4-26-13-5-11-21-20(22-12-6-14-27-16-15-24-2)23-17-18-7-9-19(25-3)10-8-18;/h7-10H,4-6,11-17H2,1-3H3,(H2,21,22,23);1H. The van der Waals surface area contributed by atoms with E-state index in [1.807, 2.05) is 31.2 Å². The van der Waals surface area contributed by atoms with Gasteiger partial charge < -0.3 is 29.6 Å². The zero-order valence-corrected chi connectivity index (χ0v) is 19.7. The summed E-state index contributed by atoms with van der Waals surface area (Å²) in [6, 6.07) is 7.95. The summed E-state index contributed by atoms with van der Waals surface area (Å²) in [6.07, 6.45) is 1.85. The lowest BCUT2D eigenvalue weighted by molar-refractivity contribution is 0.0698. The molecule has 1 rings (SSSR count). The lowest BCUT2D eigenvalue weighted by Crippen LogP contribution is -2.39. The molecule has 0 bridgehead atoms. The van der Waals surface area contributed by atoms with Gasteiger partial charge in [0, 0.05) is 40.0 Å². The molecule has 8 heteroatoms. The Balaban J connectivity index is 0.00000729. The number of methoxy groups -OCH3 is 2. The minimum Gasteiger partial charge on any atom is -0.497 e. The molecule has 162 valence electrons. The van der Waals surface area contributed by atoms with E-state index in [1.54, 1.807) is 14.2 Å². The zero-order valence-electron chi connectivity index (χ0n) is 17.4. The van der Waals surface area contributed by atoms with Crippen molar-refractivity contribution in [3.05, 3.63) is 29.8 Å². The fourth-order valence-electron chi connectivity index (χ4n) is 2.23. The Hall–Kier alpha value is -1.10. The number of benzene rings is 1. The van der Waals surface area contributed by atoms with Gasteiger partial charge in [0.1, 0.15) is 5.75 Å². The van der Waals surface area contributed by atoms with Crippen LogP contribution in [-0.2, 0) is 20.8 Å². The van der Waals surface area contributed by atoms with Gasteiger partial charge in [-0.1, -0.05) is 12.1 Å². The van der Waals surface area contributed by atoms with Crippen molar-refractivity contribution in [2.75, 3.05) is 60.3 Å². The molecular formula is C20H36IN3O4. The summed E-state index contributed by atoms with van der Waals surface area (Å²) in [4.78, 5) is 4.67. The molecule has 0 atom stereocenters. The summed E-state index contributed by atoms with van der Waals surface area (Å²) < 4.78 is 21.0. The van der Waals surface area contributed by atoms with Crippen LogP contribution < -0.4 is 15.4 Å². The maximum atomic E-state index is 5.48. The van der Waals surface area contributed by atoms with Crippen molar-refractivity contribution in [2.24, 2.45) is 4.99 Å². The van der Waals surface area contributed by atoms with Crippen molar-refractivity contribution in [1.82, 2.24) is 10.6 Å². The van der Waals surface area contributed by atoms with E-state index in [1.165, 1.54) is 0 Å². The second-order valence-electron chi connectivity index (χ2n) is 5.88. The molecule has 7 nitrogen and oxygen atoms in total. The normalized spacial score (nSPS) is 11.0. The number of rotatable bonds is 15. The maximum absolute atomic E-state index is 5.48. The van der Waals surface area contributed by atoms with Gasteiger partial charge in [-0.3, -0.25) is 0 Å². The minimum atomic E-state index is 0. The van der Waals surface area contributed by atoms with E-state index in [0.717, 1.165) is 56.4 Å². The first-order valence-corrected chi connectivity index (χ1v) is 9.59. The van der Waals surface area contributed by atoms with E-state index in [-0.39, 0.29) is 24.0 Å². The molecular weight excluding hydrogens is 473 g/mol.